The number of alkyl halides is 1. The first-order valence-corrected chi connectivity index (χ1v) is 6.93. The Morgan fingerprint density at radius 1 is 1.38 bits per heavy atom. The summed E-state index contributed by atoms with van der Waals surface area (Å²) in [5.41, 5.74) is 2.86. The Morgan fingerprint density at radius 2 is 2.12 bits per heavy atom. The summed E-state index contributed by atoms with van der Waals surface area (Å²) in [6.45, 7) is 5.35. The van der Waals surface area contributed by atoms with Crippen LogP contribution in [-0.4, -0.2) is 11.4 Å². The fourth-order valence-corrected chi connectivity index (χ4v) is 2.41. The summed E-state index contributed by atoms with van der Waals surface area (Å²) in [5.74, 6) is 0.635. The highest BCUT2D eigenvalue weighted by Gasteiger charge is 2.23. The first kappa shape index (κ1) is 12.1. The number of ether oxygens (including phenoxy) is 1. The summed E-state index contributed by atoms with van der Waals surface area (Å²) in [5, 5.41) is 0. The van der Waals surface area contributed by atoms with E-state index in [1.165, 1.54) is 11.1 Å². The lowest BCUT2D eigenvalue weighted by Gasteiger charge is -2.29. The molecule has 88 valence electrons. The summed E-state index contributed by atoms with van der Waals surface area (Å²) in [4.78, 5) is 0.546. The molecule has 0 bridgehead atoms. The zero-order chi connectivity index (χ0) is 11.5. The molecular weight excluding hydrogens is 264 g/mol. The average molecular weight is 283 g/mol. The zero-order valence-electron chi connectivity index (χ0n) is 9.95. The van der Waals surface area contributed by atoms with E-state index in [9.17, 15) is 0 Å². The highest BCUT2D eigenvalue weighted by Crippen LogP contribution is 2.33. The fraction of sp³-hybridized carbons (Fsp3) is 0.571. The van der Waals surface area contributed by atoms with Gasteiger partial charge in [-0.05, 0) is 29.9 Å². The Hall–Kier alpha value is -0.340. The van der Waals surface area contributed by atoms with Crippen LogP contribution in [0.2, 0.25) is 0 Å². The zero-order valence-corrected chi connectivity index (χ0v) is 11.5. The molecular formula is C14H19BrO. The molecule has 0 fully saturated rings. The van der Waals surface area contributed by atoms with Crippen LogP contribution < -0.4 is 0 Å². The molecule has 0 aliphatic carbocycles. The third kappa shape index (κ3) is 2.67. The number of benzene rings is 1. The Kier molecular flexibility index (Phi) is 4.04. The van der Waals surface area contributed by atoms with E-state index in [1.807, 2.05) is 0 Å². The highest BCUT2D eigenvalue weighted by atomic mass is 79.9. The average Bonchev–Trinajstić information content (AvgIpc) is 2.29. The van der Waals surface area contributed by atoms with Crippen LogP contribution in [0.25, 0.3) is 0 Å². The summed E-state index contributed by atoms with van der Waals surface area (Å²) < 4.78 is 5.90. The smallest absolute Gasteiger partial charge is 0.0830 e. The lowest BCUT2D eigenvalue weighted by Crippen LogP contribution is -2.20. The van der Waals surface area contributed by atoms with E-state index in [0.29, 0.717) is 16.8 Å². The van der Waals surface area contributed by atoms with E-state index >= 15 is 0 Å². The maximum absolute atomic E-state index is 5.90. The number of halogens is 1. The van der Waals surface area contributed by atoms with Crippen LogP contribution in [0.5, 0.6) is 0 Å². The first-order chi connectivity index (χ1) is 7.68. The molecule has 1 heterocycles. The number of hydrogen-bond donors (Lipinski definition) is 0. The Bertz CT molecular complexity index is 348. The van der Waals surface area contributed by atoms with Gasteiger partial charge in [-0.1, -0.05) is 54.0 Å². The standard InChI is InChI=1S/C14H19BrO/c1-10(11(2)15)9-14-13-6-4-3-5-12(13)7-8-16-14/h3-6,10-11,14H,7-9H2,1-2H3. The molecule has 0 saturated heterocycles. The van der Waals surface area contributed by atoms with Crippen molar-refractivity contribution < 1.29 is 4.74 Å². The molecule has 1 aromatic carbocycles. The van der Waals surface area contributed by atoms with Crippen LogP contribution in [-0.2, 0) is 11.2 Å². The van der Waals surface area contributed by atoms with Gasteiger partial charge in [-0.25, -0.2) is 0 Å². The predicted octanol–water partition coefficient (Wildman–Crippen LogP) is 4.11. The van der Waals surface area contributed by atoms with E-state index in [0.717, 1.165) is 19.4 Å². The molecule has 0 spiro atoms. The van der Waals surface area contributed by atoms with Crippen molar-refractivity contribution in [2.45, 2.75) is 37.6 Å². The maximum Gasteiger partial charge on any atom is 0.0830 e. The second-order valence-corrected chi connectivity index (χ2v) is 6.14. The van der Waals surface area contributed by atoms with E-state index in [4.69, 9.17) is 4.74 Å². The molecule has 16 heavy (non-hydrogen) atoms. The minimum absolute atomic E-state index is 0.292. The lowest BCUT2D eigenvalue weighted by molar-refractivity contribution is 0.0272. The Balaban J connectivity index is 2.13. The third-order valence-corrected chi connectivity index (χ3v) is 4.36. The molecule has 1 nitrogen and oxygen atoms in total. The first-order valence-electron chi connectivity index (χ1n) is 6.02. The van der Waals surface area contributed by atoms with Gasteiger partial charge >= 0.3 is 0 Å². The SMILES string of the molecule is CC(Br)C(C)CC1OCCc2ccccc21. The molecule has 0 radical (unpaired) electrons. The minimum Gasteiger partial charge on any atom is -0.373 e. The van der Waals surface area contributed by atoms with Gasteiger partial charge < -0.3 is 4.74 Å². The lowest BCUT2D eigenvalue weighted by atomic mass is 9.91. The van der Waals surface area contributed by atoms with E-state index in [2.05, 4.69) is 54.0 Å². The molecule has 1 aliphatic heterocycles. The summed E-state index contributed by atoms with van der Waals surface area (Å²) in [6.07, 6.45) is 2.45. The van der Waals surface area contributed by atoms with Crippen LogP contribution in [0.3, 0.4) is 0 Å². The third-order valence-electron chi connectivity index (χ3n) is 3.46. The molecule has 0 amide bonds. The van der Waals surface area contributed by atoms with Gasteiger partial charge in [-0.15, -0.1) is 0 Å². The summed E-state index contributed by atoms with van der Waals surface area (Å²) >= 11 is 3.65. The van der Waals surface area contributed by atoms with Crippen molar-refractivity contribution >= 4 is 15.9 Å². The Morgan fingerprint density at radius 3 is 2.88 bits per heavy atom. The van der Waals surface area contributed by atoms with Crippen molar-refractivity contribution in [3.63, 3.8) is 0 Å². The van der Waals surface area contributed by atoms with Crippen LogP contribution in [0.4, 0.5) is 0 Å². The van der Waals surface area contributed by atoms with Gasteiger partial charge in [0.25, 0.3) is 0 Å². The largest absolute Gasteiger partial charge is 0.373 e. The van der Waals surface area contributed by atoms with Gasteiger partial charge in [0.1, 0.15) is 0 Å². The normalized spacial score (nSPS) is 23.6. The van der Waals surface area contributed by atoms with Crippen LogP contribution >= 0.6 is 15.9 Å². The van der Waals surface area contributed by atoms with E-state index in [-0.39, 0.29) is 0 Å². The van der Waals surface area contributed by atoms with E-state index in [1.54, 1.807) is 0 Å². The molecule has 2 rings (SSSR count). The van der Waals surface area contributed by atoms with Gasteiger partial charge in [0.05, 0.1) is 12.7 Å². The second-order valence-electron chi connectivity index (χ2n) is 4.70. The van der Waals surface area contributed by atoms with Crippen molar-refractivity contribution in [1.82, 2.24) is 0 Å². The van der Waals surface area contributed by atoms with Crippen molar-refractivity contribution in [2.75, 3.05) is 6.61 Å². The van der Waals surface area contributed by atoms with E-state index < -0.39 is 0 Å². The highest BCUT2D eigenvalue weighted by molar-refractivity contribution is 9.09. The topological polar surface area (TPSA) is 9.23 Å². The van der Waals surface area contributed by atoms with Crippen molar-refractivity contribution in [1.29, 1.82) is 0 Å². The fourth-order valence-electron chi connectivity index (χ4n) is 2.20. The summed E-state index contributed by atoms with van der Waals surface area (Å²) in [6, 6.07) is 8.68. The molecule has 1 aromatic rings. The van der Waals surface area contributed by atoms with Gasteiger partial charge in [-0.2, -0.15) is 0 Å². The molecule has 3 atom stereocenters. The predicted molar refractivity (Wildman–Crippen MR) is 71.0 cm³/mol. The van der Waals surface area contributed by atoms with Crippen LogP contribution in [0.15, 0.2) is 24.3 Å². The quantitative estimate of drug-likeness (QED) is 0.758. The molecule has 0 N–H and O–H groups in total. The Labute approximate surface area is 106 Å². The molecule has 0 aromatic heterocycles. The molecule has 0 saturated carbocycles. The van der Waals surface area contributed by atoms with Crippen molar-refractivity contribution in [2.24, 2.45) is 5.92 Å². The molecule has 3 unspecified atom stereocenters. The van der Waals surface area contributed by atoms with Crippen molar-refractivity contribution in [3.8, 4) is 0 Å². The van der Waals surface area contributed by atoms with Crippen molar-refractivity contribution in [3.05, 3.63) is 35.4 Å². The second kappa shape index (κ2) is 5.33. The number of rotatable bonds is 3. The van der Waals surface area contributed by atoms with Gasteiger partial charge in [0, 0.05) is 4.83 Å². The van der Waals surface area contributed by atoms with Gasteiger partial charge in [0.2, 0.25) is 0 Å². The van der Waals surface area contributed by atoms with Gasteiger partial charge in [-0.3, -0.25) is 0 Å². The number of hydrogen-bond acceptors (Lipinski definition) is 1. The van der Waals surface area contributed by atoms with Crippen LogP contribution in [0, 0.1) is 5.92 Å². The summed E-state index contributed by atoms with van der Waals surface area (Å²) in [7, 11) is 0. The molecule has 1 aliphatic rings. The molecule has 2 heteroatoms. The maximum atomic E-state index is 5.90. The van der Waals surface area contributed by atoms with Crippen LogP contribution in [0.1, 0.15) is 37.5 Å². The minimum atomic E-state index is 0.292. The number of fused-ring (bicyclic) bond motifs is 1. The van der Waals surface area contributed by atoms with Gasteiger partial charge in [0.15, 0.2) is 0 Å². The monoisotopic (exact) mass is 282 g/mol.